The van der Waals surface area contributed by atoms with Crippen molar-refractivity contribution in [3.8, 4) is 11.8 Å². The van der Waals surface area contributed by atoms with Crippen molar-refractivity contribution >= 4 is 17.9 Å². The van der Waals surface area contributed by atoms with E-state index in [0.29, 0.717) is 6.29 Å². The van der Waals surface area contributed by atoms with E-state index in [9.17, 15) is 18.0 Å². The van der Waals surface area contributed by atoms with Gasteiger partial charge in [0.1, 0.15) is 0 Å². The zero-order valence-corrected chi connectivity index (χ0v) is 7.99. The number of halogens is 4. The van der Waals surface area contributed by atoms with Crippen molar-refractivity contribution < 1.29 is 18.0 Å². The molecule has 0 atom stereocenters. The van der Waals surface area contributed by atoms with Crippen LogP contribution in [0.3, 0.4) is 0 Å². The molecule has 5 heteroatoms. The standard InChI is InChI=1S/C10H4ClF3O/c11-9-6-8(10(12,13)14)4-3-7(9)2-1-5-15/h3-6H. The maximum atomic E-state index is 12.2. The van der Waals surface area contributed by atoms with Gasteiger partial charge in [0.25, 0.3) is 0 Å². The fourth-order valence-corrected chi connectivity index (χ4v) is 1.13. The Morgan fingerprint density at radius 1 is 1.33 bits per heavy atom. The Kier molecular flexibility index (Phi) is 3.38. The first-order valence-corrected chi connectivity index (χ1v) is 4.15. The Hall–Kier alpha value is -1.47. The average Bonchev–Trinajstić information content (AvgIpc) is 2.14. The van der Waals surface area contributed by atoms with Crippen LogP contribution < -0.4 is 0 Å². The summed E-state index contributed by atoms with van der Waals surface area (Å²) >= 11 is 5.55. The molecule has 78 valence electrons. The van der Waals surface area contributed by atoms with Gasteiger partial charge < -0.3 is 0 Å². The lowest BCUT2D eigenvalue weighted by Crippen LogP contribution is -2.04. The second kappa shape index (κ2) is 4.37. The zero-order valence-electron chi connectivity index (χ0n) is 7.23. The predicted molar refractivity (Wildman–Crippen MR) is 49.4 cm³/mol. The largest absolute Gasteiger partial charge is 0.416 e. The Balaban J connectivity index is 3.14. The van der Waals surface area contributed by atoms with Crippen LogP contribution in [0, 0.1) is 11.8 Å². The molecule has 0 saturated heterocycles. The van der Waals surface area contributed by atoms with Gasteiger partial charge in [-0.15, -0.1) is 0 Å². The smallest absolute Gasteiger partial charge is 0.289 e. The van der Waals surface area contributed by atoms with E-state index >= 15 is 0 Å². The quantitative estimate of drug-likeness (QED) is 0.497. The van der Waals surface area contributed by atoms with E-state index in [1.54, 1.807) is 0 Å². The zero-order chi connectivity index (χ0) is 11.5. The monoisotopic (exact) mass is 232 g/mol. The lowest BCUT2D eigenvalue weighted by Gasteiger charge is -2.06. The molecule has 0 fully saturated rings. The molecular weight excluding hydrogens is 229 g/mol. The molecule has 0 aliphatic heterocycles. The molecule has 0 heterocycles. The minimum Gasteiger partial charge on any atom is -0.289 e. The highest BCUT2D eigenvalue weighted by atomic mass is 35.5. The third-order valence-electron chi connectivity index (χ3n) is 1.56. The first-order valence-electron chi connectivity index (χ1n) is 3.77. The van der Waals surface area contributed by atoms with E-state index in [1.807, 2.05) is 0 Å². The van der Waals surface area contributed by atoms with E-state index in [0.717, 1.165) is 18.2 Å². The van der Waals surface area contributed by atoms with Gasteiger partial charge in [0.05, 0.1) is 10.6 Å². The fraction of sp³-hybridized carbons (Fsp3) is 0.100. The van der Waals surface area contributed by atoms with E-state index in [1.165, 1.54) is 0 Å². The topological polar surface area (TPSA) is 17.1 Å². The maximum Gasteiger partial charge on any atom is 0.416 e. The van der Waals surface area contributed by atoms with Gasteiger partial charge in [0, 0.05) is 5.56 Å². The summed E-state index contributed by atoms with van der Waals surface area (Å²) in [5.74, 6) is 4.39. The number of carbonyl (C=O) groups excluding carboxylic acids is 1. The lowest BCUT2D eigenvalue weighted by molar-refractivity contribution is -0.137. The highest BCUT2D eigenvalue weighted by Gasteiger charge is 2.30. The summed E-state index contributed by atoms with van der Waals surface area (Å²) in [5, 5.41) is -0.126. The van der Waals surface area contributed by atoms with Crippen molar-refractivity contribution in [2.45, 2.75) is 6.18 Å². The fourth-order valence-electron chi connectivity index (χ4n) is 0.900. The number of hydrogen-bond acceptors (Lipinski definition) is 1. The second-order valence-corrected chi connectivity index (χ2v) is 2.99. The number of alkyl halides is 3. The Morgan fingerprint density at radius 2 is 2.00 bits per heavy atom. The molecule has 0 unspecified atom stereocenters. The predicted octanol–water partition coefficient (Wildman–Crippen LogP) is 2.91. The van der Waals surface area contributed by atoms with Gasteiger partial charge in [-0.3, -0.25) is 4.79 Å². The molecule has 0 N–H and O–H groups in total. The maximum absolute atomic E-state index is 12.2. The van der Waals surface area contributed by atoms with E-state index in [4.69, 9.17) is 11.6 Å². The van der Waals surface area contributed by atoms with Gasteiger partial charge in [-0.05, 0) is 24.1 Å². The van der Waals surface area contributed by atoms with Crippen LogP contribution in [0.1, 0.15) is 11.1 Å². The number of hydrogen-bond donors (Lipinski definition) is 0. The molecule has 0 saturated carbocycles. The van der Waals surface area contributed by atoms with Gasteiger partial charge in [-0.25, -0.2) is 0 Å². The van der Waals surface area contributed by atoms with Crippen LogP contribution in [-0.4, -0.2) is 6.29 Å². The first-order chi connectivity index (χ1) is 6.95. The average molecular weight is 233 g/mol. The van der Waals surface area contributed by atoms with Crippen molar-refractivity contribution in [1.29, 1.82) is 0 Å². The van der Waals surface area contributed by atoms with Crippen molar-refractivity contribution in [2.75, 3.05) is 0 Å². The molecule has 0 bridgehead atoms. The number of carbonyl (C=O) groups is 1. The summed E-state index contributed by atoms with van der Waals surface area (Å²) in [6, 6.07) is 2.76. The van der Waals surface area contributed by atoms with Gasteiger partial charge >= 0.3 is 6.18 Å². The Morgan fingerprint density at radius 3 is 2.47 bits per heavy atom. The third kappa shape index (κ3) is 3.00. The molecule has 1 aromatic rings. The van der Waals surface area contributed by atoms with E-state index in [2.05, 4.69) is 11.8 Å². The molecule has 0 amide bonds. The van der Waals surface area contributed by atoms with Gasteiger partial charge in [-0.2, -0.15) is 13.2 Å². The second-order valence-electron chi connectivity index (χ2n) is 2.58. The molecule has 0 spiro atoms. The third-order valence-corrected chi connectivity index (χ3v) is 1.87. The molecule has 0 aliphatic rings. The van der Waals surface area contributed by atoms with E-state index in [-0.39, 0.29) is 10.6 Å². The van der Waals surface area contributed by atoms with Gasteiger partial charge in [-0.1, -0.05) is 17.5 Å². The molecule has 15 heavy (non-hydrogen) atoms. The number of benzene rings is 1. The number of aldehydes is 1. The lowest BCUT2D eigenvalue weighted by atomic mass is 10.1. The molecule has 1 nitrogen and oxygen atoms in total. The highest BCUT2D eigenvalue weighted by Crippen LogP contribution is 2.31. The van der Waals surface area contributed by atoms with Crippen LogP contribution in [0.4, 0.5) is 13.2 Å². The SMILES string of the molecule is O=CC#Cc1ccc(C(F)(F)F)cc1Cl. The molecule has 1 rings (SSSR count). The summed E-state index contributed by atoms with van der Waals surface area (Å²) in [5.41, 5.74) is -0.652. The van der Waals surface area contributed by atoms with Crippen LogP contribution in [0.5, 0.6) is 0 Å². The summed E-state index contributed by atoms with van der Waals surface area (Å²) in [4.78, 5) is 9.92. The van der Waals surface area contributed by atoms with Crippen molar-refractivity contribution in [1.82, 2.24) is 0 Å². The van der Waals surface area contributed by atoms with Crippen LogP contribution in [0.2, 0.25) is 5.02 Å². The summed E-state index contributed by atoms with van der Waals surface area (Å²) in [6.45, 7) is 0. The summed E-state index contributed by atoms with van der Waals surface area (Å²) in [7, 11) is 0. The van der Waals surface area contributed by atoms with Crippen molar-refractivity contribution in [3.05, 3.63) is 34.3 Å². The van der Waals surface area contributed by atoms with Crippen LogP contribution in [-0.2, 0) is 11.0 Å². The highest BCUT2D eigenvalue weighted by molar-refractivity contribution is 6.31. The number of rotatable bonds is 0. The van der Waals surface area contributed by atoms with Crippen LogP contribution in [0.25, 0.3) is 0 Å². The molecule has 0 aliphatic carbocycles. The normalized spacial score (nSPS) is 10.4. The van der Waals surface area contributed by atoms with Crippen molar-refractivity contribution in [2.24, 2.45) is 0 Å². The molecule has 0 radical (unpaired) electrons. The molecule has 1 aromatic carbocycles. The van der Waals surface area contributed by atoms with Crippen LogP contribution in [0.15, 0.2) is 18.2 Å². The molecule has 0 aromatic heterocycles. The Bertz CT molecular complexity index is 440. The first kappa shape index (κ1) is 11.6. The van der Waals surface area contributed by atoms with Gasteiger partial charge in [0.15, 0.2) is 6.29 Å². The summed E-state index contributed by atoms with van der Waals surface area (Å²) in [6.07, 6.45) is -4.09. The van der Waals surface area contributed by atoms with Crippen LogP contribution >= 0.6 is 11.6 Å². The van der Waals surface area contributed by atoms with E-state index < -0.39 is 11.7 Å². The van der Waals surface area contributed by atoms with Gasteiger partial charge in [0.2, 0.25) is 0 Å². The Labute approximate surface area is 88.9 Å². The molecular formula is C10H4ClF3O. The van der Waals surface area contributed by atoms with Crippen molar-refractivity contribution in [3.63, 3.8) is 0 Å². The minimum atomic E-state index is -4.43. The summed E-state index contributed by atoms with van der Waals surface area (Å²) < 4.78 is 36.6. The minimum absolute atomic E-state index is 0.126.